The van der Waals surface area contributed by atoms with Gasteiger partial charge in [0.15, 0.2) is 11.6 Å². The van der Waals surface area contributed by atoms with E-state index in [1.165, 1.54) is 13.4 Å². The van der Waals surface area contributed by atoms with Crippen LogP contribution in [0.1, 0.15) is 33.6 Å². The molecular weight excluding hydrogens is 510 g/mol. The van der Waals surface area contributed by atoms with Gasteiger partial charge in [-0.1, -0.05) is 30.3 Å². The summed E-state index contributed by atoms with van der Waals surface area (Å²) in [6, 6.07) is 10.9. The molecule has 0 unspecified atom stereocenters. The summed E-state index contributed by atoms with van der Waals surface area (Å²) in [5.41, 5.74) is 3.44. The zero-order valence-corrected chi connectivity index (χ0v) is 23.1. The molecule has 0 radical (unpaired) electrons. The highest BCUT2D eigenvalue weighted by Gasteiger charge is 2.57. The maximum absolute atomic E-state index is 13.6. The molecule has 4 heterocycles. The van der Waals surface area contributed by atoms with Gasteiger partial charge in [0.25, 0.3) is 0 Å². The predicted octanol–water partition coefficient (Wildman–Crippen LogP) is 4.44. The standard InChI is InChI=1S/C29H31N7O4/c1-29(2,3)40-28(38)36-20-11-17(20)12-21(36)27(37)33-26-22(39-5)13-19-25(32-26)24(31-15-30-19)18-14-35(4)34-23(18)16-9-7-6-8-10-16/h6-10,13-15,17,20-21H,11-12H2,1-5H3,(H,32,33,37)/t17-,20-,21+/m1/s1. The largest absolute Gasteiger partial charge is 0.493 e. The van der Waals surface area contributed by atoms with E-state index in [1.807, 2.05) is 64.3 Å². The van der Waals surface area contributed by atoms with E-state index < -0.39 is 17.7 Å². The van der Waals surface area contributed by atoms with Crippen molar-refractivity contribution in [2.24, 2.45) is 13.0 Å². The molecule has 3 aromatic heterocycles. The molecule has 0 spiro atoms. The van der Waals surface area contributed by atoms with Crippen LogP contribution in [0.25, 0.3) is 33.5 Å². The molecule has 3 atom stereocenters. The summed E-state index contributed by atoms with van der Waals surface area (Å²) >= 11 is 0. The van der Waals surface area contributed by atoms with Gasteiger partial charge in [-0.25, -0.2) is 19.7 Å². The zero-order valence-electron chi connectivity index (χ0n) is 23.1. The number of aryl methyl sites for hydroxylation is 1. The van der Waals surface area contributed by atoms with E-state index in [0.717, 1.165) is 23.2 Å². The molecule has 1 saturated carbocycles. The Morgan fingerprint density at radius 1 is 1.07 bits per heavy atom. The Labute approximate surface area is 231 Å². The number of hydrogen-bond donors (Lipinski definition) is 1. The van der Waals surface area contributed by atoms with Gasteiger partial charge in [-0.15, -0.1) is 0 Å². The minimum absolute atomic E-state index is 0.0269. The van der Waals surface area contributed by atoms with Crippen LogP contribution in [0.3, 0.4) is 0 Å². The molecule has 11 nitrogen and oxygen atoms in total. The minimum atomic E-state index is -0.657. The van der Waals surface area contributed by atoms with Crippen LogP contribution in [-0.2, 0) is 16.6 Å². The Balaban J connectivity index is 1.36. The summed E-state index contributed by atoms with van der Waals surface area (Å²) in [6.45, 7) is 5.44. The van der Waals surface area contributed by atoms with Crippen molar-refractivity contribution in [2.75, 3.05) is 12.4 Å². The number of pyridine rings is 1. The fourth-order valence-electron chi connectivity index (χ4n) is 5.35. The number of benzene rings is 1. The van der Waals surface area contributed by atoms with Crippen molar-refractivity contribution in [3.8, 4) is 28.3 Å². The highest BCUT2D eigenvalue weighted by molar-refractivity contribution is 6.00. The normalized spacial score (nSPS) is 19.8. The molecule has 1 N–H and O–H groups in total. The van der Waals surface area contributed by atoms with Crippen molar-refractivity contribution in [3.05, 3.63) is 48.9 Å². The number of piperidine rings is 1. The third kappa shape index (κ3) is 4.72. The topological polar surface area (TPSA) is 124 Å². The van der Waals surface area contributed by atoms with Crippen LogP contribution in [0.15, 0.2) is 48.9 Å². The number of nitrogens with zero attached hydrogens (tertiary/aromatic N) is 6. The van der Waals surface area contributed by atoms with Crippen LogP contribution >= 0.6 is 0 Å². The molecule has 0 bridgehead atoms. The second-order valence-corrected chi connectivity index (χ2v) is 11.3. The lowest BCUT2D eigenvalue weighted by atomic mass is 10.0. The summed E-state index contributed by atoms with van der Waals surface area (Å²) in [6.07, 6.45) is 4.35. The number of carbonyl (C=O) groups is 2. The van der Waals surface area contributed by atoms with E-state index in [4.69, 9.17) is 14.5 Å². The molecule has 2 aliphatic rings. The lowest BCUT2D eigenvalue weighted by Gasteiger charge is -2.29. The lowest BCUT2D eigenvalue weighted by Crippen LogP contribution is -2.47. The first-order valence-corrected chi connectivity index (χ1v) is 13.2. The molecule has 2 amide bonds. The number of anilines is 1. The third-order valence-corrected chi connectivity index (χ3v) is 7.18. The number of nitrogens with one attached hydrogen (secondary N) is 1. The van der Waals surface area contributed by atoms with Gasteiger partial charge >= 0.3 is 6.09 Å². The molecule has 1 aliphatic carbocycles. The number of carbonyl (C=O) groups excluding carboxylic acids is 2. The first-order chi connectivity index (χ1) is 19.1. The second-order valence-electron chi connectivity index (χ2n) is 11.3. The van der Waals surface area contributed by atoms with E-state index in [1.54, 1.807) is 15.6 Å². The molecule has 4 aromatic rings. The number of amides is 2. The maximum atomic E-state index is 13.6. The van der Waals surface area contributed by atoms with Crippen molar-refractivity contribution in [3.63, 3.8) is 0 Å². The predicted molar refractivity (Wildman–Crippen MR) is 149 cm³/mol. The first-order valence-electron chi connectivity index (χ1n) is 13.2. The highest BCUT2D eigenvalue weighted by atomic mass is 16.6. The van der Waals surface area contributed by atoms with Gasteiger partial charge in [-0.05, 0) is 39.5 Å². The van der Waals surface area contributed by atoms with Gasteiger partial charge in [0.2, 0.25) is 5.91 Å². The Hall–Kier alpha value is -4.54. The van der Waals surface area contributed by atoms with E-state index >= 15 is 0 Å². The van der Waals surface area contributed by atoms with E-state index in [0.29, 0.717) is 34.8 Å². The van der Waals surface area contributed by atoms with Crippen molar-refractivity contribution < 1.29 is 19.1 Å². The zero-order chi connectivity index (χ0) is 28.2. The Morgan fingerprint density at radius 2 is 1.85 bits per heavy atom. The second kappa shape index (κ2) is 9.58. The van der Waals surface area contributed by atoms with Crippen molar-refractivity contribution >= 4 is 28.9 Å². The van der Waals surface area contributed by atoms with Crippen LogP contribution in [-0.4, -0.2) is 66.4 Å². The van der Waals surface area contributed by atoms with Crippen LogP contribution < -0.4 is 10.1 Å². The average molecular weight is 542 g/mol. The lowest BCUT2D eigenvalue weighted by molar-refractivity contribution is -0.121. The summed E-state index contributed by atoms with van der Waals surface area (Å²) < 4.78 is 12.9. The van der Waals surface area contributed by atoms with Crippen LogP contribution in [0.5, 0.6) is 5.75 Å². The molecule has 206 valence electrons. The summed E-state index contributed by atoms with van der Waals surface area (Å²) in [5, 5.41) is 7.58. The SMILES string of the molecule is COc1cc2ncnc(-c3cn(C)nc3-c3ccccc3)c2nc1NC(=O)[C@@H]1C[C@H]2C[C@H]2N1C(=O)OC(C)(C)C. The Morgan fingerprint density at radius 3 is 2.58 bits per heavy atom. The maximum Gasteiger partial charge on any atom is 0.411 e. The molecule has 6 rings (SSSR count). The quantitative estimate of drug-likeness (QED) is 0.393. The first kappa shape index (κ1) is 25.7. The molecule has 40 heavy (non-hydrogen) atoms. The van der Waals surface area contributed by atoms with Crippen LogP contribution in [0.2, 0.25) is 0 Å². The van der Waals surface area contributed by atoms with Gasteiger partial charge in [0.1, 0.15) is 34.9 Å². The Bertz CT molecular complexity index is 1610. The average Bonchev–Trinajstić information content (AvgIpc) is 3.39. The number of likely N-dealkylation sites (tertiary alicyclic amines) is 1. The smallest absolute Gasteiger partial charge is 0.411 e. The minimum Gasteiger partial charge on any atom is -0.493 e. The molecule has 1 aromatic carbocycles. The number of hydrogen-bond acceptors (Lipinski definition) is 8. The van der Waals surface area contributed by atoms with Gasteiger partial charge in [-0.3, -0.25) is 14.4 Å². The number of rotatable bonds is 5. The van der Waals surface area contributed by atoms with Crippen molar-refractivity contribution in [1.82, 2.24) is 29.6 Å². The fourth-order valence-corrected chi connectivity index (χ4v) is 5.35. The number of ether oxygens (including phenoxy) is 2. The molecule has 2 fully saturated rings. The molecule has 1 saturated heterocycles. The van der Waals surface area contributed by atoms with Gasteiger partial charge in [0.05, 0.1) is 12.6 Å². The number of fused-ring (bicyclic) bond motifs is 2. The monoisotopic (exact) mass is 541 g/mol. The van der Waals surface area contributed by atoms with Crippen molar-refractivity contribution in [1.29, 1.82) is 0 Å². The number of aromatic nitrogens is 5. The number of methoxy groups -OCH3 is 1. The summed E-state index contributed by atoms with van der Waals surface area (Å²) in [7, 11) is 3.36. The van der Waals surface area contributed by atoms with Crippen molar-refractivity contribution in [2.45, 2.75) is 51.3 Å². The molecule has 1 aliphatic heterocycles. The van der Waals surface area contributed by atoms with Crippen LogP contribution in [0, 0.1) is 5.92 Å². The Kier molecular flexibility index (Phi) is 6.16. The third-order valence-electron chi connectivity index (χ3n) is 7.18. The van der Waals surface area contributed by atoms with E-state index in [-0.39, 0.29) is 17.8 Å². The summed E-state index contributed by atoms with van der Waals surface area (Å²) in [4.78, 5) is 41.9. The van der Waals surface area contributed by atoms with Crippen LogP contribution in [0.4, 0.5) is 10.6 Å². The van der Waals surface area contributed by atoms with E-state index in [9.17, 15) is 9.59 Å². The molecule has 11 heteroatoms. The van der Waals surface area contributed by atoms with Gasteiger partial charge in [-0.2, -0.15) is 5.10 Å². The highest BCUT2D eigenvalue weighted by Crippen LogP contribution is 2.48. The summed E-state index contributed by atoms with van der Waals surface area (Å²) in [5.74, 6) is 0.544. The van der Waals surface area contributed by atoms with Gasteiger partial charge in [0, 0.05) is 36.5 Å². The fraction of sp³-hybridized carbons (Fsp3) is 0.379. The molecular formula is C29H31N7O4. The van der Waals surface area contributed by atoms with E-state index in [2.05, 4.69) is 20.4 Å². The van der Waals surface area contributed by atoms with Gasteiger partial charge < -0.3 is 14.8 Å².